The number of hydrogen-bond acceptors (Lipinski definition) is 10. The molecule has 0 radical (unpaired) electrons. The van der Waals surface area contributed by atoms with Gasteiger partial charge in [-0.1, -0.05) is 280 Å². The number of hydrogen-bond donors (Lipinski definition) is 6. The molecule has 6 N–H and O–H groups in total. The SMILES string of the molecule is CCCCC/C=C\C/C=C\C/C=C\C/C=C\CCCCCCCCCC(=O)OC1C(OCC(NC(=O)C(O)CCCCCCCCCCCC/C=C/CCCCCCCC)C(O)/C=C/CCCCCCCCCCC)OC(CO)C(O)C1O. The standard InChI is InChI=1S/C72H129NO10/c1-4-7-10-13-16-19-22-24-26-28-30-32-33-34-36-38-40-42-45-48-51-54-57-60-67(77)83-70-69(79)68(78)66(61-74)82-72(70)81-62-63(64(75)58-55-52-49-46-43-21-18-15-12-9-6-3)73-71(80)65(76)59-56-53-50-47-44-41-39-37-35-31-29-27-25-23-20-17-14-11-8-5-2/h16,19,24-27,30,32,34,36,55,58,63-66,68-70,72,74-76,78-79H,4-15,17-18,20-23,28-29,31,33,35,37-54,56-57,59-62H2,1-3H3,(H,73,80)/b19-16-,26-24-,27-25+,32-30-,36-34-,58-55+. The van der Waals surface area contributed by atoms with Gasteiger partial charge in [0, 0.05) is 6.42 Å². The van der Waals surface area contributed by atoms with Crippen LogP contribution in [0.2, 0.25) is 0 Å². The van der Waals surface area contributed by atoms with Gasteiger partial charge in [0.1, 0.15) is 24.4 Å². The van der Waals surface area contributed by atoms with Gasteiger partial charge in [-0.05, 0) is 96.3 Å². The van der Waals surface area contributed by atoms with Crippen LogP contribution in [-0.4, -0.2) is 99.6 Å². The molecule has 11 nitrogen and oxygen atoms in total. The van der Waals surface area contributed by atoms with Gasteiger partial charge in [0.15, 0.2) is 12.4 Å². The fraction of sp³-hybridized carbons (Fsp3) is 0.806. The molecule has 0 bridgehead atoms. The molecule has 0 aromatic rings. The van der Waals surface area contributed by atoms with Gasteiger partial charge in [0.25, 0.3) is 0 Å². The summed E-state index contributed by atoms with van der Waals surface area (Å²) >= 11 is 0. The van der Waals surface area contributed by atoms with E-state index < -0.39 is 67.4 Å². The normalized spacial score (nSPS) is 19.0. The summed E-state index contributed by atoms with van der Waals surface area (Å²) in [4.78, 5) is 26.6. The van der Waals surface area contributed by atoms with Crippen LogP contribution in [-0.2, 0) is 23.8 Å². The van der Waals surface area contributed by atoms with E-state index in [1.54, 1.807) is 6.08 Å². The minimum atomic E-state index is -1.62. The van der Waals surface area contributed by atoms with Crippen molar-refractivity contribution in [3.8, 4) is 0 Å². The lowest BCUT2D eigenvalue weighted by Crippen LogP contribution is -2.61. The number of carbonyl (C=O) groups is 2. The molecular formula is C72H129NO10. The van der Waals surface area contributed by atoms with Gasteiger partial charge < -0.3 is 45.1 Å². The predicted molar refractivity (Wildman–Crippen MR) is 347 cm³/mol. The maximum atomic E-state index is 13.5. The summed E-state index contributed by atoms with van der Waals surface area (Å²) < 4.78 is 17.7. The van der Waals surface area contributed by atoms with Crippen LogP contribution >= 0.6 is 0 Å². The van der Waals surface area contributed by atoms with Crippen molar-refractivity contribution in [2.75, 3.05) is 13.2 Å². The van der Waals surface area contributed by atoms with Gasteiger partial charge in [-0.3, -0.25) is 9.59 Å². The van der Waals surface area contributed by atoms with Crippen LogP contribution in [0.1, 0.15) is 310 Å². The Hall–Kier alpha value is -2.90. The molecule has 0 aromatic carbocycles. The number of ether oxygens (including phenoxy) is 3. The second kappa shape index (κ2) is 59.4. The first-order valence-electron chi connectivity index (χ1n) is 34.7. The molecule has 8 atom stereocenters. The average molecular weight is 1170 g/mol. The number of esters is 1. The van der Waals surface area contributed by atoms with Crippen LogP contribution in [0, 0.1) is 0 Å². The van der Waals surface area contributed by atoms with Gasteiger partial charge in [0.2, 0.25) is 5.91 Å². The summed E-state index contributed by atoms with van der Waals surface area (Å²) in [7, 11) is 0. The van der Waals surface area contributed by atoms with Crippen molar-refractivity contribution in [2.24, 2.45) is 0 Å². The zero-order chi connectivity index (χ0) is 60.3. The molecule has 482 valence electrons. The molecule has 0 spiro atoms. The van der Waals surface area contributed by atoms with Gasteiger partial charge in [-0.15, -0.1) is 0 Å². The topological polar surface area (TPSA) is 175 Å². The molecule has 83 heavy (non-hydrogen) atoms. The predicted octanol–water partition coefficient (Wildman–Crippen LogP) is 17.5. The van der Waals surface area contributed by atoms with Crippen LogP contribution in [0.15, 0.2) is 72.9 Å². The summed E-state index contributed by atoms with van der Waals surface area (Å²) in [5.74, 6) is -1.20. The molecule has 11 heteroatoms. The number of carbonyl (C=O) groups excluding carboxylic acids is 2. The van der Waals surface area contributed by atoms with Crippen molar-refractivity contribution in [3.05, 3.63) is 72.9 Å². The minimum absolute atomic E-state index is 0.110. The van der Waals surface area contributed by atoms with Gasteiger partial charge in [-0.2, -0.15) is 0 Å². The number of unbranched alkanes of at least 4 members (excludes halogenated alkanes) is 35. The van der Waals surface area contributed by atoms with Gasteiger partial charge >= 0.3 is 5.97 Å². The number of allylic oxidation sites excluding steroid dienone is 11. The Morgan fingerprint density at radius 3 is 1.28 bits per heavy atom. The highest BCUT2D eigenvalue weighted by atomic mass is 16.7. The lowest BCUT2D eigenvalue weighted by atomic mass is 9.99. The first kappa shape index (κ1) is 78.1. The molecule has 1 rings (SSSR count). The number of aliphatic hydroxyl groups is 5. The van der Waals surface area contributed by atoms with Crippen molar-refractivity contribution in [3.63, 3.8) is 0 Å². The summed E-state index contributed by atoms with van der Waals surface area (Å²) in [6, 6.07) is -1.03. The third-order valence-electron chi connectivity index (χ3n) is 16.1. The Bertz CT molecular complexity index is 1630. The van der Waals surface area contributed by atoms with Crippen LogP contribution in [0.25, 0.3) is 0 Å². The maximum Gasteiger partial charge on any atom is 0.306 e. The molecule has 8 unspecified atom stereocenters. The highest BCUT2D eigenvalue weighted by Gasteiger charge is 2.47. The molecule has 0 aliphatic carbocycles. The van der Waals surface area contributed by atoms with E-state index >= 15 is 0 Å². The van der Waals surface area contributed by atoms with Gasteiger partial charge in [0.05, 0.1) is 25.4 Å². The number of nitrogens with one attached hydrogen (secondary N) is 1. The highest BCUT2D eigenvalue weighted by molar-refractivity contribution is 5.80. The summed E-state index contributed by atoms with van der Waals surface area (Å²) in [6.07, 6.45) is 66.5. The third-order valence-corrected chi connectivity index (χ3v) is 16.1. The van der Waals surface area contributed by atoms with E-state index in [9.17, 15) is 35.1 Å². The molecule has 0 saturated carbocycles. The van der Waals surface area contributed by atoms with E-state index in [4.69, 9.17) is 14.2 Å². The Kier molecular flexibility index (Phi) is 55.9. The fourth-order valence-corrected chi connectivity index (χ4v) is 10.6. The van der Waals surface area contributed by atoms with Crippen molar-refractivity contribution in [1.82, 2.24) is 5.32 Å². The molecule has 0 aromatic heterocycles. The Labute approximate surface area is 509 Å². The van der Waals surface area contributed by atoms with Crippen molar-refractivity contribution in [2.45, 2.75) is 359 Å². The Balaban J connectivity index is 2.59. The zero-order valence-electron chi connectivity index (χ0n) is 53.6. The Morgan fingerprint density at radius 1 is 0.470 bits per heavy atom. The van der Waals surface area contributed by atoms with Crippen molar-refractivity contribution >= 4 is 11.9 Å². The lowest BCUT2D eigenvalue weighted by Gasteiger charge is -2.41. The first-order valence-corrected chi connectivity index (χ1v) is 34.7. The molecule has 1 heterocycles. The van der Waals surface area contributed by atoms with E-state index in [-0.39, 0.29) is 19.4 Å². The van der Waals surface area contributed by atoms with E-state index in [0.717, 1.165) is 103 Å². The lowest BCUT2D eigenvalue weighted by molar-refractivity contribution is -0.305. The Morgan fingerprint density at radius 2 is 0.831 bits per heavy atom. The maximum absolute atomic E-state index is 13.5. The summed E-state index contributed by atoms with van der Waals surface area (Å²) in [5.41, 5.74) is 0. The van der Waals surface area contributed by atoms with E-state index in [0.29, 0.717) is 12.8 Å². The van der Waals surface area contributed by atoms with E-state index in [1.807, 2.05) is 6.08 Å². The average Bonchev–Trinajstić information content (AvgIpc) is 3.68. The van der Waals surface area contributed by atoms with Crippen LogP contribution in [0.5, 0.6) is 0 Å². The van der Waals surface area contributed by atoms with Crippen LogP contribution < -0.4 is 5.32 Å². The van der Waals surface area contributed by atoms with E-state index in [1.165, 1.54) is 161 Å². The quantitative estimate of drug-likeness (QED) is 0.0195. The number of aliphatic hydroxyl groups excluding tert-OH is 5. The van der Waals surface area contributed by atoms with Crippen molar-refractivity contribution in [1.29, 1.82) is 0 Å². The molecule has 1 amide bonds. The first-order chi connectivity index (χ1) is 40.7. The number of rotatable bonds is 59. The molecule has 1 saturated heterocycles. The number of amides is 1. The van der Waals surface area contributed by atoms with Crippen LogP contribution in [0.3, 0.4) is 0 Å². The minimum Gasteiger partial charge on any atom is -0.454 e. The molecule has 1 aliphatic heterocycles. The van der Waals surface area contributed by atoms with Gasteiger partial charge in [-0.25, -0.2) is 0 Å². The monoisotopic (exact) mass is 1170 g/mol. The largest absolute Gasteiger partial charge is 0.454 e. The second-order valence-electron chi connectivity index (χ2n) is 23.9. The smallest absolute Gasteiger partial charge is 0.306 e. The highest BCUT2D eigenvalue weighted by Crippen LogP contribution is 2.26. The van der Waals surface area contributed by atoms with Crippen LogP contribution in [0.4, 0.5) is 0 Å². The van der Waals surface area contributed by atoms with Crippen molar-refractivity contribution < 1.29 is 49.3 Å². The summed E-state index contributed by atoms with van der Waals surface area (Å²) in [5, 5.41) is 57.2. The second-order valence-corrected chi connectivity index (χ2v) is 23.9. The molecule has 1 fully saturated rings. The third kappa shape index (κ3) is 46.9. The van der Waals surface area contributed by atoms with E-state index in [2.05, 4.69) is 86.8 Å². The molecular weight excluding hydrogens is 1040 g/mol. The summed E-state index contributed by atoms with van der Waals surface area (Å²) in [6.45, 7) is 5.77. The zero-order valence-corrected chi connectivity index (χ0v) is 53.6. The fourth-order valence-electron chi connectivity index (χ4n) is 10.6. The molecule has 1 aliphatic rings.